The highest BCUT2D eigenvalue weighted by molar-refractivity contribution is 5.90. The van der Waals surface area contributed by atoms with Crippen LogP contribution in [0.5, 0.6) is 0 Å². The van der Waals surface area contributed by atoms with Crippen LogP contribution in [-0.2, 0) is 11.3 Å². The molecule has 1 saturated heterocycles. The fraction of sp³-hybridized carbons (Fsp3) is 0.235. The smallest absolute Gasteiger partial charge is 0.414 e. The van der Waals surface area contributed by atoms with Crippen LogP contribution in [-0.4, -0.2) is 40.1 Å². The number of halogens is 1. The summed E-state index contributed by atoms with van der Waals surface area (Å²) in [6.45, 7) is 0.940. The molecule has 0 aliphatic carbocycles. The Morgan fingerprint density at radius 1 is 1.38 bits per heavy atom. The maximum absolute atomic E-state index is 14.6. The lowest BCUT2D eigenvalue weighted by Gasteiger charge is -2.13. The standard InChI is InChI=1S/C17H16FN5O3/c18-15-6-12(23-9-13(7-19)26-17(23)24)2-3-14(15)16-21-11(10-25-16)8-22-5-1-4-20-22/h1-6,10,13H,7-9,19H2. The molecule has 1 unspecified atom stereocenters. The largest absolute Gasteiger partial charge is 0.444 e. The number of amides is 1. The van der Waals surface area contributed by atoms with Gasteiger partial charge >= 0.3 is 6.09 Å². The highest BCUT2D eigenvalue weighted by atomic mass is 19.1. The third-order valence-electron chi connectivity index (χ3n) is 4.07. The van der Waals surface area contributed by atoms with Gasteiger partial charge < -0.3 is 14.9 Å². The summed E-state index contributed by atoms with van der Waals surface area (Å²) in [6.07, 6.45) is 4.01. The molecule has 1 amide bonds. The molecule has 1 aliphatic heterocycles. The number of oxazole rings is 1. The second kappa shape index (κ2) is 6.60. The molecule has 9 heteroatoms. The minimum atomic E-state index is -0.543. The number of carbonyl (C=O) groups is 1. The normalized spacial score (nSPS) is 16.9. The predicted octanol–water partition coefficient (Wildman–Crippen LogP) is 2.01. The van der Waals surface area contributed by atoms with E-state index in [1.807, 2.05) is 0 Å². The third kappa shape index (κ3) is 3.04. The van der Waals surface area contributed by atoms with Crippen molar-refractivity contribution in [3.05, 3.63) is 54.4 Å². The molecule has 1 fully saturated rings. The zero-order valence-electron chi connectivity index (χ0n) is 13.7. The SMILES string of the molecule is NCC1CN(c2ccc(-c3nc(Cn4cccn4)co3)c(F)c2)C(=O)O1. The predicted molar refractivity (Wildman–Crippen MR) is 89.9 cm³/mol. The molecule has 0 saturated carbocycles. The van der Waals surface area contributed by atoms with E-state index in [-0.39, 0.29) is 24.1 Å². The number of nitrogens with two attached hydrogens (primary N) is 1. The molecule has 4 rings (SSSR count). The number of carbonyl (C=O) groups excluding carboxylic acids is 1. The number of nitrogens with zero attached hydrogens (tertiary/aromatic N) is 4. The summed E-state index contributed by atoms with van der Waals surface area (Å²) in [5, 5.41) is 4.09. The van der Waals surface area contributed by atoms with Gasteiger partial charge in [-0.05, 0) is 24.3 Å². The Balaban J connectivity index is 1.55. The van der Waals surface area contributed by atoms with Gasteiger partial charge in [-0.3, -0.25) is 9.58 Å². The van der Waals surface area contributed by atoms with Crippen LogP contribution >= 0.6 is 0 Å². The molecule has 134 valence electrons. The highest BCUT2D eigenvalue weighted by Crippen LogP contribution is 2.28. The van der Waals surface area contributed by atoms with Crippen LogP contribution < -0.4 is 10.6 Å². The maximum atomic E-state index is 14.6. The van der Waals surface area contributed by atoms with Crippen molar-refractivity contribution in [1.29, 1.82) is 0 Å². The number of anilines is 1. The van der Waals surface area contributed by atoms with Crippen LogP contribution in [0.25, 0.3) is 11.5 Å². The molecule has 0 spiro atoms. The molecule has 3 aromatic rings. The summed E-state index contributed by atoms with van der Waals surface area (Å²) in [5.41, 5.74) is 6.75. The molecule has 1 atom stereocenters. The summed E-state index contributed by atoms with van der Waals surface area (Å²) in [5.74, 6) is -0.376. The number of aromatic nitrogens is 3. The lowest BCUT2D eigenvalue weighted by atomic mass is 10.1. The Labute approximate surface area is 148 Å². The topological polar surface area (TPSA) is 99.4 Å². The number of rotatable bonds is 5. The summed E-state index contributed by atoms with van der Waals surface area (Å²) < 4.78 is 26.7. The second-order valence-electron chi connectivity index (χ2n) is 5.86. The van der Waals surface area contributed by atoms with Crippen molar-refractivity contribution in [1.82, 2.24) is 14.8 Å². The van der Waals surface area contributed by atoms with Crippen LogP contribution in [0.2, 0.25) is 0 Å². The van der Waals surface area contributed by atoms with Gasteiger partial charge in [0.25, 0.3) is 0 Å². The highest BCUT2D eigenvalue weighted by Gasteiger charge is 2.31. The van der Waals surface area contributed by atoms with E-state index >= 15 is 0 Å². The summed E-state index contributed by atoms with van der Waals surface area (Å²) >= 11 is 0. The van der Waals surface area contributed by atoms with E-state index in [1.165, 1.54) is 23.3 Å². The van der Waals surface area contributed by atoms with Crippen molar-refractivity contribution in [3.8, 4) is 11.5 Å². The first kappa shape index (κ1) is 16.3. The first-order chi connectivity index (χ1) is 12.6. The number of hydrogen-bond acceptors (Lipinski definition) is 6. The fourth-order valence-electron chi connectivity index (χ4n) is 2.76. The monoisotopic (exact) mass is 357 g/mol. The van der Waals surface area contributed by atoms with Gasteiger partial charge in [-0.1, -0.05) is 0 Å². The van der Waals surface area contributed by atoms with Crippen molar-refractivity contribution in [2.75, 3.05) is 18.0 Å². The summed E-state index contributed by atoms with van der Waals surface area (Å²) in [6, 6.07) is 6.21. The molecule has 0 radical (unpaired) electrons. The molecule has 8 nitrogen and oxygen atoms in total. The molecular formula is C17H16FN5O3. The molecule has 3 heterocycles. The van der Waals surface area contributed by atoms with Gasteiger partial charge in [0.05, 0.1) is 24.3 Å². The molecule has 2 N–H and O–H groups in total. The summed E-state index contributed by atoms with van der Waals surface area (Å²) in [4.78, 5) is 17.5. The quantitative estimate of drug-likeness (QED) is 0.750. The number of hydrogen-bond donors (Lipinski definition) is 1. The number of ether oxygens (including phenoxy) is 1. The Bertz CT molecular complexity index is 924. The first-order valence-corrected chi connectivity index (χ1v) is 8.04. The van der Waals surface area contributed by atoms with E-state index in [9.17, 15) is 9.18 Å². The maximum Gasteiger partial charge on any atom is 0.414 e. The van der Waals surface area contributed by atoms with E-state index < -0.39 is 11.9 Å². The van der Waals surface area contributed by atoms with Crippen LogP contribution in [0.1, 0.15) is 5.69 Å². The fourth-order valence-corrected chi connectivity index (χ4v) is 2.76. The van der Waals surface area contributed by atoms with Crippen molar-refractivity contribution in [3.63, 3.8) is 0 Å². The van der Waals surface area contributed by atoms with E-state index in [0.29, 0.717) is 24.5 Å². The van der Waals surface area contributed by atoms with Gasteiger partial charge in [-0.2, -0.15) is 5.10 Å². The Kier molecular flexibility index (Phi) is 4.13. The van der Waals surface area contributed by atoms with E-state index in [2.05, 4.69) is 10.1 Å². The Morgan fingerprint density at radius 3 is 2.96 bits per heavy atom. The number of cyclic esters (lactones) is 1. The van der Waals surface area contributed by atoms with Crippen molar-refractivity contribution in [2.45, 2.75) is 12.6 Å². The van der Waals surface area contributed by atoms with E-state index in [0.717, 1.165) is 0 Å². The minimum Gasteiger partial charge on any atom is -0.444 e. The zero-order chi connectivity index (χ0) is 18.1. The Morgan fingerprint density at radius 2 is 2.27 bits per heavy atom. The van der Waals surface area contributed by atoms with Gasteiger partial charge in [0.2, 0.25) is 5.89 Å². The van der Waals surface area contributed by atoms with Gasteiger partial charge in [-0.15, -0.1) is 0 Å². The van der Waals surface area contributed by atoms with Gasteiger partial charge in [0, 0.05) is 18.9 Å². The van der Waals surface area contributed by atoms with Crippen LogP contribution in [0.3, 0.4) is 0 Å². The molecule has 1 aliphatic rings. The second-order valence-corrected chi connectivity index (χ2v) is 5.86. The lowest BCUT2D eigenvalue weighted by Crippen LogP contribution is -2.27. The average Bonchev–Trinajstić information content (AvgIpc) is 3.36. The van der Waals surface area contributed by atoms with Crippen molar-refractivity contribution in [2.24, 2.45) is 5.73 Å². The molecule has 1 aromatic carbocycles. The lowest BCUT2D eigenvalue weighted by molar-refractivity contribution is 0.145. The van der Waals surface area contributed by atoms with E-state index in [1.54, 1.807) is 29.2 Å². The number of benzene rings is 1. The first-order valence-electron chi connectivity index (χ1n) is 8.04. The zero-order valence-corrected chi connectivity index (χ0v) is 13.7. The van der Waals surface area contributed by atoms with Crippen molar-refractivity contribution < 1.29 is 18.3 Å². The summed E-state index contributed by atoms with van der Waals surface area (Å²) in [7, 11) is 0. The molecule has 26 heavy (non-hydrogen) atoms. The molecule has 2 aromatic heterocycles. The molecular weight excluding hydrogens is 341 g/mol. The van der Waals surface area contributed by atoms with Gasteiger partial charge in [-0.25, -0.2) is 14.2 Å². The Hall–Kier alpha value is -3.20. The van der Waals surface area contributed by atoms with Crippen molar-refractivity contribution >= 4 is 11.8 Å². The van der Waals surface area contributed by atoms with Crippen LogP contribution in [0, 0.1) is 5.82 Å². The average molecular weight is 357 g/mol. The van der Waals surface area contributed by atoms with Gasteiger partial charge in [0.1, 0.15) is 23.9 Å². The third-order valence-corrected chi connectivity index (χ3v) is 4.07. The van der Waals surface area contributed by atoms with Gasteiger partial charge in [0.15, 0.2) is 0 Å². The molecule has 0 bridgehead atoms. The van der Waals surface area contributed by atoms with Crippen LogP contribution in [0.15, 0.2) is 47.3 Å². The van der Waals surface area contributed by atoms with E-state index in [4.69, 9.17) is 14.9 Å². The van der Waals surface area contributed by atoms with Crippen LogP contribution in [0.4, 0.5) is 14.9 Å². The minimum absolute atomic E-state index is 0.167.